The van der Waals surface area contributed by atoms with Crippen LogP contribution >= 0.6 is 22.9 Å². The fourth-order valence-electron chi connectivity index (χ4n) is 3.40. The monoisotopic (exact) mass is 378 g/mol. The normalized spacial score (nSPS) is 17.2. The molecule has 0 spiro atoms. The zero-order chi connectivity index (χ0) is 17.9. The standard InChI is InChI=1S/C19H23ClN2O2S/c1-13(23)16-8-9-17(25-16)19(10-4-5-11-19)12-21-18(24)22-15-7-3-2-6-14(15)20/h2-3,6-9,13,23H,4-5,10-12H2,1H3,(H2,21,22,24). The number of aliphatic hydroxyl groups excluding tert-OH is 1. The fraction of sp³-hybridized carbons (Fsp3) is 0.421. The maximum Gasteiger partial charge on any atom is 0.319 e. The molecule has 1 aromatic carbocycles. The van der Waals surface area contributed by atoms with Gasteiger partial charge in [-0.1, -0.05) is 36.6 Å². The maximum atomic E-state index is 12.3. The minimum absolute atomic E-state index is 0.0321. The summed E-state index contributed by atoms with van der Waals surface area (Å²) in [6.45, 7) is 2.37. The van der Waals surface area contributed by atoms with E-state index in [9.17, 15) is 9.90 Å². The Bertz CT molecular complexity index is 739. The highest BCUT2D eigenvalue weighted by Crippen LogP contribution is 2.44. The number of halogens is 1. The van der Waals surface area contributed by atoms with E-state index < -0.39 is 6.10 Å². The summed E-state index contributed by atoms with van der Waals surface area (Å²) in [7, 11) is 0. The molecule has 25 heavy (non-hydrogen) atoms. The molecule has 3 rings (SSSR count). The van der Waals surface area contributed by atoms with Gasteiger partial charge < -0.3 is 15.7 Å². The predicted molar refractivity (Wildman–Crippen MR) is 104 cm³/mol. The first-order chi connectivity index (χ1) is 12.0. The van der Waals surface area contributed by atoms with Crippen LogP contribution in [0.25, 0.3) is 0 Å². The first-order valence-corrected chi connectivity index (χ1v) is 9.77. The molecule has 1 aromatic heterocycles. The fourth-order valence-corrected chi connectivity index (χ4v) is 4.78. The van der Waals surface area contributed by atoms with Gasteiger partial charge in [-0.3, -0.25) is 0 Å². The predicted octanol–water partition coefficient (Wildman–Crippen LogP) is 5.09. The number of nitrogens with one attached hydrogen (secondary N) is 2. The molecule has 1 fully saturated rings. The third-order valence-electron chi connectivity index (χ3n) is 4.83. The van der Waals surface area contributed by atoms with Crippen LogP contribution in [0.15, 0.2) is 36.4 Å². The Morgan fingerprint density at radius 2 is 2.00 bits per heavy atom. The third kappa shape index (κ3) is 4.17. The van der Waals surface area contributed by atoms with Crippen molar-refractivity contribution in [2.24, 2.45) is 0 Å². The molecule has 1 unspecified atom stereocenters. The number of hydrogen-bond acceptors (Lipinski definition) is 3. The molecule has 6 heteroatoms. The van der Waals surface area contributed by atoms with Gasteiger partial charge in [0.15, 0.2) is 0 Å². The molecule has 0 aliphatic heterocycles. The van der Waals surface area contributed by atoms with Gasteiger partial charge in [0.2, 0.25) is 0 Å². The van der Waals surface area contributed by atoms with E-state index >= 15 is 0 Å². The number of aliphatic hydroxyl groups is 1. The lowest BCUT2D eigenvalue weighted by Crippen LogP contribution is -2.40. The van der Waals surface area contributed by atoms with Crippen molar-refractivity contribution in [3.63, 3.8) is 0 Å². The number of carbonyl (C=O) groups is 1. The zero-order valence-corrected chi connectivity index (χ0v) is 15.8. The molecular formula is C19H23ClN2O2S. The molecular weight excluding hydrogens is 356 g/mol. The minimum Gasteiger partial charge on any atom is -0.388 e. The van der Waals surface area contributed by atoms with Crippen molar-refractivity contribution in [1.29, 1.82) is 0 Å². The van der Waals surface area contributed by atoms with Gasteiger partial charge in [0.1, 0.15) is 0 Å². The molecule has 1 heterocycles. The van der Waals surface area contributed by atoms with Crippen molar-refractivity contribution in [2.75, 3.05) is 11.9 Å². The molecule has 0 radical (unpaired) electrons. The van der Waals surface area contributed by atoms with Gasteiger partial charge in [-0.05, 0) is 44.0 Å². The average Bonchev–Trinajstić information content (AvgIpc) is 3.25. The molecule has 1 aliphatic carbocycles. The second kappa shape index (κ2) is 7.77. The Balaban J connectivity index is 1.67. The van der Waals surface area contributed by atoms with Crippen LogP contribution in [-0.4, -0.2) is 17.7 Å². The Hall–Kier alpha value is -1.56. The van der Waals surface area contributed by atoms with Crippen molar-refractivity contribution in [2.45, 2.75) is 44.1 Å². The number of hydrogen-bond donors (Lipinski definition) is 3. The Kier molecular flexibility index (Phi) is 5.67. The Morgan fingerprint density at radius 1 is 1.28 bits per heavy atom. The minimum atomic E-state index is -0.450. The lowest BCUT2D eigenvalue weighted by Gasteiger charge is -2.28. The molecule has 4 nitrogen and oxygen atoms in total. The average molecular weight is 379 g/mol. The van der Waals surface area contributed by atoms with Gasteiger partial charge in [-0.25, -0.2) is 4.79 Å². The van der Waals surface area contributed by atoms with Crippen LogP contribution in [-0.2, 0) is 5.41 Å². The molecule has 134 valence electrons. The second-order valence-electron chi connectivity index (χ2n) is 6.65. The van der Waals surface area contributed by atoms with E-state index in [0.29, 0.717) is 17.3 Å². The lowest BCUT2D eigenvalue weighted by molar-refractivity contribution is 0.203. The number of amides is 2. The number of rotatable bonds is 5. The summed E-state index contributed by atoms with van der Waals surface area (Å²) < 4.78 is 0. The van der Waals surface area contributed by atoms with Gasteiger partial charge in [-0.2, -0.15) is 0 Å². The topological polar surface area (TPSA) is 61.4 Å². The molecule has 2 amide bonds. The maximum absolute atomic E-state index is 12.3. The number of thiophene rings is 1. The van der Waals surface area contributed by atoms with E-state index in [-0.39, 0.29) is 11.4 Å². The van der Waals surface area contributed by atoms with E-state index in [2.05, 4.69) is 16.7 Å². The van der Waals surface area contributed by atoms with Crippen molar-refractivity contribution < 1.29 is 9.90 Å². The molecule has 0 saturated heterocycles. The van der Waals surface area contributed by atoms with Crippen LogP contribution in [0, 0.1) is 0 Å². The van der Waals surface area contributed by atoms with E-state index in [4.69, 9.17) is 11.6 Å². The summed E-state index contributed by atoms with van der Waals surface area (Å²) in [5, 5.41) is 16.1. The summed E-state index contributed by atoms with van der Waals surface area (Å²) in [4.78, 5) is 14.5. The Labute approximate surface area is 157 Å². The zero-order valence-electron chi connectivity index (χ0n) is 14.2. The van der Waals surface area contributed by atoms with E-state index in [1.54, 1.807) is 30.4 Å². The molecule has 1 atom stereocenters. The number of carbonyl (C=O) groups excluding carboxylic acids is 1. The summed E-state index contributed by atoms with van der Waals surface area (Å²) >= 11 is 7.74. The highest BCUT2D eigenvalue weighted by Gasteiger charge is 2.37. The molecule has 0 bridgehead atoms. The number of para-hydroxylation sites is 1. The first-order valence-electron chi connectivity index (χ1n) is 8.58. The van der Waals surface area contributed by atoms with Crippen molar-refractivity contribution >= 4 is 34.7 Å². The lowest BCUT2D eigenvalue weighted by atomic mass is 9.84. The summed E-state index contributed by atoms with van der Waals surface area (Å²) in [6, 6.07) is 11.0. The van der Waals surface area contributed by atoms with E-state index in [0.717, 1.165) is 30.6 Å². The number of benzene rings is 1. The van der Waals surface area contributed by atoms with Crippen LogP contribution < -0.4 is 10.6 Å². The van der Waals surface area contributed by atoms with Crippen molar-refractivity contribution in [3.8, 4) is 0 Å². The Morgan fingerprint density at radius 3 is 2.64 bits per heavy atom. The molecule has 2 aromatic rings. The summed E-state index contributed by atoms with van der Waals surface area (Å²) in [5.74, 6) is 0. The van der Waals surface area contributed by atoms with Crippen LogP contribution in [0.1, 0.15) is 48.5 Å². The summed E-state index contributed by atoms with van der Waals surface area (Å²) in [6.07, 6.45) is 3.98. The first kappa shape index (κ1) is 18.2. The highest BCUT2D eigenvalue weighted by atomic mass is 35.5. The molecule has 1 aliphatic rings. The molecule has 3 N–H and O–H groups in total. The quantitative estimate of drug-likeness (QED) is 0.678. The van der Waals surface area contributed by atoms with Crippen LogP contribution in [0.3, 0.4) is 0 Å². The van der Waals surface area contributed by atoms with Crippen LogP contribution in [0.5, 0.6) is 0 Å². The SMILES string of the molecule is CC(O)c1ccc(C2(CNC(=O)Nc3ccccc3Cl)CCCC2)s1. The summed E-state index contributed by atoms with van der Waals surface area (Å²) in [5.41, 5.74) is 0.574. The van der Waals surface area contributed by atoms with Gasteiger partial charge in [0.05, 0.1) is 16.8 Å². The van der Waals surface area contributed by atoms with Crippen LogP contribution in [0.2, 0.25) is 5.02 Å². The number of anilines is 1. The van der Waals surface area contributed by atoms with Gasteiger partial charge in [0.25, 0.3) is 0 Å². The largest absolute Gasteiger partial charge is 0.388 e. The van der Waals surface area contributed by atoms with E-state index in [1.807, 2.05) is 18.2 Å². The number of urea groups is 1. The van der Waals surface area contributed by atoms with Gasteiger partial charge in [-0.15, -0.1) is 11.3 Å². The third-order valence-corrected chi connectivity index (χ3v) is 6.66. The smallest absolute Gasteiger partial charge is 0.319 e. The van der Waals surface area contributed by atoms with Gasteiger partial charge >= 0.3 is 6.03 Å². The van der Waals surface area contributed by atoms with E-state index in [1.165, 1.54) is 4.88 Å². The highest BCUT2D eigenvalue weighted by molar-refractivity contribution is 7.12. The van der Waals surface area contributed by atoms with Crippen LogP contribution in [0.4, 0.5) is 10.5 Å². The van der Waals surface area contributed by atoms with Crippen molar-refractivity contribution in [1.82, 2.24) is 5.32 Å². The van der Waals surface area contributed by atoms with Crippen molar-refractivity contribution in [3.05, 3.63) is 51.2 Å². The van der Waals surface area contributed by atoms with Gasteiger partial charge in [0, 0.05) is 21.7 Å². The second-order valence-corrected chi connectivity index (χ2v) is 8.18. The molecule has 1 saturated carbocycles.